The van der Waals surface area contributed by atoms with Crippen LogP contribution in [0.25, 0.3) is 0 Å². The average molecular weight is 481 g/mol. The first-order chi connectivity index (χ1) is 12.7. The van der Waals surface area contributed by atoms with Gasteiger partial charge in [-0.05, 0) is 42.5 Å². The van der Waals surface area contributed by atoms with Gasteiger partial charge in [-0.3, -0.25) is 9.79 Å². The zero-order valence-electron chi connectivity index (χ0n) is 15.7. The van der Waals surface area contributed by atoms with Gasteiger partial charge in [-0.1, -0.05) is 49.4 Å². The number of nitrogens with one attached hydrogen (secondary N) is 1. The molecule has 5 nitrogen and oxygen atoms in total. The number of aryl methyl sites for hydroxylation is 1. The minimum absolute atomic E-state index is 0. The third kappa shape index (κ3) is 9.42. The van der Waals surface area contributed by atoms with Crippen LogP contribution in [0.3, 0.4) is 0 Å². The molecule has 146 valence electrons. The van der Waals surface area contributed by atoms with Crippen LogP contribution in [-0.2, 0) is 22.6 Å². The van der Waals surface area contributed by atoms with E-state index in [1.807, 2.05) is 42.5 Å². The van der Waals surface area contributed by atoms with E-state index in [1.54, 1.807) is 0 Å². The second kappa shape index (κ2) is 13.1. The molecule has 0 spiro atoms. The van der Waals surface area contributed by atoms with Crippen molar-refractivity contribution in [3.63, 3.8) is 0 Å². The highest BCUT2D eigenvalue weighted by Crippen LogP contribution is 2.10. The van der Waals surface area contributed by atoms with Crippen molar-refractivity contribution in [1.82, 2.24) is 0 Å². The molecule has 2 aromatic carbocycles. The van der Waals surface area contributed by atoms with E-state index in [-0.39, 0.29) is 29.9 Å². The van der Waals surface area contributed by atoms with Gasteiger partial charge in [0.25, 0.3) is 0 Å². The number of carbonyl (C=O) groups is 1. The molecule has 0 aliphatic carbocycles. The maximum atomic E-state index is 11.7. The summed E-state index contributed by atoms with van der Waals surface area (Å²) in [6, 6.07) is 17.8. The monoisotopic (exact) mass is 481 g/mol. The molecule has 3 N–H and O–H groups in total. The molecule has 0 aliphatic rings. The molecule has 0 amide bonds. The molecule has 2 aromatic rings. The summed E-state index contributed by atoms with van der Waals surface area (Å²) in [5.74, 6) is 0.213. The van der Waals surface area contributed by atoms with Gasteiger partial charge in [0, 0.05) is 18.7 Å². The maximum Gasteiger partial charge on any atom is 0.306 e. The molecule has 0 saturated carbocycles. The smallest absolute Gasteiger partial charge is 0.306 e. The van der Waals surface area contributed by atoms with Crippen molar-refractivity contribution in [2.75, 3.05) is 11.9 Å². The Morgan fingerprint density at radius 1 is 1.07 bits per heavy atom. The van der Waals surface area contributed by atoms with Gasteiger partial charge in [0.05, 0.1) is 0 Å². The van der Waals surface area contributed by atoms with Gasteiger partial charge in [-0.2, -0.15) is 0 Å². The lowest BCUT2D eigenvalue weighted by atomic mass is 10.1. The summed E-state index contributed by atoms with van der Waals surface area (Å²) in [4.78, 5) is 16.0. The van der Waals surface area contributed by atoms with Crippen molar-refractivity contribution in [2.24, 2.45) is 10.7 Å². The second-order valence-corrected chi connectivity index (χ2v) is 6.05. The number of unbranched alkanes of at least 4 members (excludes halogenated alkanes) is 1. The fourth-order valence-electron chi connectivity index (χ4n) is 2.45. The highest BCUT2D eigenvalue weighted by Gasteiger charge is 2.03. The van der Waals surface area contributed by atoms with E-state index in [4.69, 9.17) is 10.5 Å². The zero-order valence-corrected chi connectivity index (χ0v) is 18.0. The fraction of sp³-hybridized carbons (Fsp3) is 0.333. The van der Waals surface area contributed by atoms with Crippen LogP contribution in [0.1, 0.15) is 37.3 Å². The highest BCUT2D eigenvalue weighted by atomic mass is 127. The largest absolute Gasteiger partial charge is 0.461 e. The molecule has 6 heteroatoms. The van der Waals surface area contributed by atoms with E-state index < -0.39 is 0 Å². The Balaban J connectivity index is 0.00000364. The number of benzene rings is 2. The van der Waals surface area contributed by atoms with Crippen molar-refractivity contribution in [3.05, 3.63) is 65.7 Å². The molecular weight excluding hydrogens is 453 g/mol. The Kier molecular flexibility index (Phi) is 11.2. The number of ether oxygens (including phenoxy) is 1. The summed E-state index contributed by atoms with van der Waals surface area (Å²) in [5, 5.41) is 3.09. The lowest BCUT2D eigenvalue weighted by Gasteiger charge is -2.07. The Morgan fingerprint density at radius 3 is 2.56 bits per heavy atom. The Bertz CT molecular complexity index is 720. The number of carbonyl (C=O) groups excluding carboxylic acids is 1. The van der Waals surface area contributed by atoms with E-state index in [0.29, 0.717) is 25.5 Å². The highest BCUT2D eigenvalue weighted by molar-refractivity contribution is 14.0. The van der Waals surface area contributed by atoms with Crippen LogP contribution in [0, 0.1) is 0 Å². The number of hydrogen-bond donors (Lipinski definition) is 2. The first-order valence-corrected chi connectivity index (χ1v) is 9.03. The minimum Gasteiger partial charge on any atom is -0.461 e. The summed E-state index contributed by atoms with van der Waals surface area (Å²) >= 11 is 0. The van der Waals surface area contributed by atoms with Crippen LogP contribution in [0.4, 0.5) is 5.69 Å². The summed E-state index contributed by atoms with van der Waals surface area (Å²) in [6.45, 7) is 3.02. The molecule has 0 aliphatic heterocycles. The SMILES string of the molecule is CCc1cccc(NC(N)=NCCCCC(=O)OCc2ccccc2)c1.I. The minimum atomic E-state index is -0.180. The number of guanidine groups is 1. The lowest BCUT2D eigenvalue weighted by molar-refractivity contribution is -0.145. The number of rotatable bonds is 9. The van der Waals surface area contributed by atoms with Gasteiger partial charge in [-0.15, -0.1) is 24.0 Å². The first kappa shape index (κ1) is 23.0. The van der Waals surface area contributed by atoms with Crippen LogP contribution >= 0.6 is 24.0 Å². The molecule has 0 fully saturated rings. The Morgan fingerprint density at radius 2 is 1.81 bits per heavy atom. The third-order valence-electron chi connectivity index (χ3n) is 3.92. The zero-order chi connectivity index (χ0) is 18.6. The second-order valence-electron chi connectivity index (χ2n) is 6.05. The van der Waals surface area contributed by atoms with Gasteiger partial charge in [0.2, 0.25) is 0 Å². The van der Waals surface area contributed by atoms with Gasteiger partial charge in [0.15, 0.2) is 5.96 Å². The molecule has 0 heterocycles. The number of hydrogen-bond acceptors (Lipinski definition) is 3. The van der Waals surface area contributed by atoms with Crippen molar-refractivity contribution < 1.29 is 9.53 Å². The predicted molar refractivity (Wildman–Crippen MR) is 121 cm³/mol. The average Bonchev–Trinajstić information content (AvgIpc) is 2.67. The van der Waals surface area contributed by atoms with Gasteiger partial charge >= 0.3 is 5.97 Å². The van der Waals surface area contributed by atoms with Gasteiger partial charge < -0.3 is 15.8 Å². The third-order valence-corrected chi connectivity index (χ3v) is 3.92. The number of halogens is 1. The summed E-state index contributed by atoms with van der Waals surface area (Å²) in [7, 11) is 0. The summed E-state index contributed by atoms with van der Waals surface area (Å²) < 4.78 is 5.24. The first-order valence-electron chi connectivity index (χ1n) is 9.03. The standard InChI is InChI=1S/C21H27N3O2.HI/c1-2-17-11-8-12-19(15-17)24-21(22)23-14-7-6-13-20(25)26-16-18-9-4-3-5-10-18;/h3-5,8-12,15H,2,6-7,13-14,16H2,1H3,(H3,22,23,24);1H. The fourth-order valence-corrected chi connectivity index (χ4v) is 2.45. The number of esters is 1. The number of anilines is 1. The molecule has 0 saturated heterocycles. The van der Waals surface area contributed by atoms with E-state index in [9.17, 15) is 4.79 Å². The van der Waals surface area contributed by atoms with Crippen LogP contribution in [0.5, 0.6) is 0 Å². The van der Waals surface area contributed by atoms with Crippen LogP contribution < -0.4 is 11.1 Å². The number of nitrogens with two attached hydrogens (primary N) is 1. The summed E-state index contributed by atoms with van der Waals surface area (Å²) in [5.41, 5.74) is 9.08. The molecule has 0 unspecified atom stereocenters. The van der Waals surface area contributed by atoms with Crippen molar-refractivity contribution in [2.45, 2.75) is 39.2 Å². The Labute approximate surface area is 178 Å². The van der Waals surface area contributed by atoms with Crippen LogP contribution in [0.2, 0.25) is 0 Å². The lowest BCUT2D eigenvalue weighted by Crippen LogP contribution is -2.22. The molecule has 2 rings (SSSR count). The van der Waals surface area contributed by atoms with Crippen LogP contribution in [0.15, 0.2) is 59.6 Å². The number of nitrogens with zero attached hydrogens (tertiary/aromatic N) is 1. The van der Waals surface area contributed by atoms with Crippen molar-refractivity contribution >= 4 is 41.6 Å². The van der Waals surface area contributed by atoms with E-state index in [2.05, 4.69) is 29.4 Å². The Hall–Kier alpha value is -2.09. The molecule has 0 bridgehead atoms. The van der Waals surface area contributed by atoms with Crippen molar-refractivity contribution in [3.8, 4) is 0 Å². The predicted octanol–water partition coefficient (Wildman–Crippen LogP) is 4.51. The molecule has 0 atom stereocenters. The van der Waals surface area contributed by atoms with Gasteiger partial charge in [0.1, 0.15) is 6.61 Å². The van der Waals surface area contributed by atoms with Gasteiger partial charge in [-0.25, -0.2) is 0 Å². The van der Waals surface area contributed by atoms with Crippen molar-refractivity contribution in [1.29, 1.82) is 0 Å². The quantitative estimate of drug-likeness (QED) is 0.182. The maximum absolute atomic E-state index is 11.7. The molecule has 0 aromatic heterocycles. The van der Waals surface area contributed by atoms with E-state index in [0.717, 1.165) is 30.5 Å². The topological polar surface area (TPSA) is 76.7 Å². The van der Waals surface area contributed by atoms with E-state index >= 15 is 0 Å². The van der Waals surface area contributed by atoms with E-state index in [1.165, 1.54) is 5.56 Å². The van der Waals surface area contributed by atoms with Crippen LogP contribution in [-0.4, -0.2) is 18.5 Å². The summed E-state index contributed by atoms with van der Waals surface area (Å²) in [6.07, 6.45) is 2.90. The molecule has 27 heavy (non-hydrogen) atoms. The molecule has 0 radical (unpaired) electrons. The number of aliphatic imine (C=N–C) groups is 1. The molecular formula is C21H28IN3O2. The normalized spacial score (nSPS) is 10.8.